The van der Waals surface area contributed by atoms with Gasteiger partial charge in [-0.25, -0.2) is 9.97 Å². The molecule has 2 heterocycles. The molecule has 2 rings (SSSR count). The second kappa shape index (κ2) is 3.47. The Balaban J connectivity index is 2.29. The smallest absolute Gasteiger partial charge is 0.303 e. The van der Waals surface area contributed by atoms with Gasteiger partial charge in [0.15, 0.2) is 5.65 Å². The van der Waals surface area contributed by atoms with E-state index < -0.39 is 12.2 Å². The number of rotatable bonds is 1. The number of hydrogen-bond acceptors (Lipinski definition) is 3. The van der Waals surface area contributed by atoms with Gasteiger partial charge in [-0.05, 0) is 0 Å². The molecule has 0 aromatic carbocycles. The minimum absolute atomic E-state index is 0.331. The molecule has 16 heavy (non-hydrogen) atoms. The molecule has 0 aliphatic rings. The maximum atomic E-state index is 11.9. The largest absolute Gasteiger partial charge is 0.484 e. The Morgan fingerprint density at radius 3 is 2.81 bits per heavy atom. The summed E-state index contributed by atoms with van der Waals surface area (Å²) in [7, 11) is 0. The van der Waals surface area contributed by atoms with Crippen molar-refractivity contribution in [3.05, 3.63) is 30.5 Å². The van der Waals surface area contributed by atoms with Crippen molar-refractivity contribution in [2.24, 2.45) is 0 Å². The van der Waals surface area contributed by atoms with Crippen molar-refractivity contribution in [1.29, 1.82) is 0 Å². The van der Waals surface area contributed by atoms with Gasteiger partial charge in [0.1, 0.15) is 5.69 Å². The van der Waals surface area contributed by atoms with E-state index in [4.69, 9.17) is 0 Å². The molecule has 0 radical (unpaired) electrons. The summed E-state index contributed by atoms with van der Waals surface area (Å²) in [5.74, 6) is -1.30. The monoisotopic (exact) mass is 230 g/mol. The molecule has 0 bridgehead atoms. The standard InChI is InChI=1S/C8H5F3N4O/c9-8(10,11)14-7(16)5-4-15-2-1-12-6(15)3-13-5/h1-4H,(H,14,16). The first kappa shape index (κ1) is 10.4. The predicted molar refractivity (Wildman–Crippen MR) is 46.5 cm³/mol. The van der Waals surface area contributed by atoms with Crippen LogP contribution in [-0.2, 0) is 0 Å². The Bertz CT molecular complexity index is 533. The molecule has 0 aliphatic carbocycles. The van der Waals surface area contributed by atoms with Crippen LogP contribution < -0.4 is 5.32 Å². The number of nitrogens with zero attached hydrogens (tertiary/aromatic N) is 3. The lowest BCUT2D eigenvalue weighted by atomic mass is 10.4. The van der Waals surface area contributed by atoms with Crippen molar-refractivity contribution in [2.45, 2.75) is 6.30 Å². The normalized spacial score (nSPS) is 11.7. The summed E-state index contributed by atoms with van der Waals surface area (Å²) in [5, 5.41) is 0.857. The predicted octanol–water partition coefficient (Wildman–Crippen LogP) is 0.979. The quantitative estimate of drug-likeness (QED) is 0.743. The Labute approximate surface area is 86.9 Å². The van der Waals surface area contributed by atoms with Crippen molar-refractivity contribution in [1.82, 2.24) is 19.7 Å². The van der Waals surface area contributed by atoms with E-state index in [2.05, 4.69) is 9.97 Å². The Kier molecular flexibility index (Phi) is 2.26. The number of amides is 1. The van der Waals surface area contributed by atoms with Gasteiger partial charge in [-0.15, -0.1) is 0 Å². The average molecular weight is 230 g/mol. The third-order valence-electron chi connectivity index (χ3n) is 1.77. The molecule has 0 aliphatic heterocycles. The Hall–Kier alpha value is -2.12. The molecule has 1 N–H and O–H groups in total. The van der Waals surface area contributed by atoms with Crippen LogP contribution >= 0.6 is 0 Å². The molecule has 0 spiro atoms. The van der Waals surface area contributed by atoms with Crippen LogP contribution in [0.3, 0.4) is 0 Å². The van der Waals surface area contributed by atoms with E-state index in [1.165, 1.54) is 29.2 Å². The topological polar surface area (TPSA) is 59.3 Å². The van der Waals surface area contributed by atoms with E-state index >= 15 is 0 Å². The third-order valence-corrected chi connectivity index (χ3v) is 1.77. The van der Waals surface area contributed by atoms with Crippen molar-refractivity contribution >= 4 is 11.6 Å². The summed E-state index contributed by atoms with van der Waals surface area (Å²) in [6, 6.07) is 0. The molecule has 0 atom stereocenters. The number of aromatic nitrogens is 3. The van der Waals surface area contributed by atoms with Crippen LogP contribution in [0.2, 0.25) is 0 Å². The van der Waals surface area contributed by atoms with Gasteiger partial charge in [-0.2, -0.15) is 13.2 Å². The molecular weight excluding hydrogens is 225 g/mol. The van der Waals surface area contributed by atoms with Crippen LogP contribution in [0.5, 0.6) is 0 Å². The lowest BCUT2D eigenvalue weighted by Crippen LogP contribution is -2.37. The number of imidazole rings is 1. The maximum absolute atomic E-state index is 11.9. The van der Waals surface area contributed by atoms with Crippen LogP contribution in [0.15, 0.2) is 24.8 Å². The van der Waals surface area contributed by atoms with Gasteiger partial charge in [0.25, 0.3) is 5.91 Å². The molecule has 0 saturated carbocycles. The summed E-state index contributed by atoms with van der Waals surface area (Å²) >= 11 is 0. The fourth-order valence-corrected chi connectivity index (χ4v) is 1.14. The maximum Gasteiger partial charge on any atom is 0.484 e. The lowest BCUT2D eigenvalue weighted by molar-refractivity contribution is -0.146. The molecular formula is C8H5F3N4O. The van der Waals surface area contributed by atoms with Crippen LogP contribution in [0.25, 0.3) is 5.65 Å². The molecule has 0 fully saturated rings. The SMILES string of the molecule is O=C(NC(F)(F)F)c1cn2ccnc2cn1. The van der Waals surface area contributed by atoms with E-state index in [0.29, 0.717) is 5.65 Å². The third kappa shape index (κ3) is 2.10. The first-order valence-corrected chi connectivity index (χ1v) is 4.14. The zero-order valence-electron chi connectivity index (χ0n) is 7.69. The molecule has 84 valence electrons. The van der Waals surface area contributed by atoms with E-state index in [1.807, 2.05) is 0 Å². The van der Waals surface area contributed by atoms with Crippen LogP contribution in [0.4, 0.5) is 13.2 Å². The van der Waals surface area contributed by atoms with Gasteiger partial charge >= 0.3 is 6.30 Å². The fourth-order valence-electron chi connectivity index (χ4n) is 1.14. The van der Waals surface area contributed by atoms with Gasteiger partial charge < -0.3 is 4.40 Å². The Morgan fingerprint density at radius 1 is 1.38 bits per heavy atom. The van der Waals surface area contributed by atoms with Crippen molar-refractivity contribution < 1.29 is 18.0 Å². The van der Waals surface area contributed by atoms with Gasteiger partial charge in [-0.1, -0.05) is 0 Å². The highest BCUT2D eigenvalue weighted by molar-refractivity contribution is 5.92. The molecule has 2 aromatic rings. The van der Waals surface area contributed by atoms with Gasteiger partial charge in [0.05, 0.1) is 6.20 Å². The number of hydrogen-bond donors (Lipinski definition) is 1. The number of halogens is 3. The fraction of sp³-hybridized carbons (Fsp3) is 0.125. The molecule has 5 nitrogen and oxygen atoms in total. The molecule has 0 saturated heterocycles. The number of alkyl halides is 3. The van der Waals surface area contributed by atoms with Crippen LogP contribution in [-0.4, -0.2) is 26.6 Å². The molecule has 0 unspecified atom stereocenters. The van der Waals surface area contributed by atoms with Crippen molar-refractivity contribution in [2.75, 3.05) is 0 Å². The Morgan fingerprint density at radius 2 is 2.12 bits per heavy atom. The second-order valence-corrected chi connectivity index (χ2v) is 2.92. The van der Waals surface area contributed by atoms with E-state index in [9.17, 15) is 18.0 Å². The van der Waals surface area contributed by atoms with E-state index in [0.717, 1.165) is 5.32 Å². The zero-order chi connectivity index (χ0) is 11.8. The summed E-state index contributed by atoms with van der Waals surface area (Å²) in [4.78, 5) is 18.5. The lowest BCUT2D eigenvalue weighted by Gasteiger charge is -2.07. The minimum atomic E-state index is -4.76. The summed E-state index contributed by atoms with van der Waals surface area (Å²) in [6.45, 7) is 0. The molecule has 8 heteroatoms. The van der Waals surface area contributed by atoms with Crippen molar-refractivity contribution in [3.63, 3.8) is 0 Å². The van der Waals surface area contributed by atoms with Crippen LogP contribution in [0, 0.1) is 0 Å². The highest BCUT2D eigenvalue weighted by atomic mass is 19.4. The first-order valence-electron chi connectivity index (χ1n) is 4.14. The number of carbonyl (C=O) groups is 1. The van der Waals surface area contributed by atoms with E-state index in [-0.39, 0.29) is 5.69 Å². The number of nitrogens with one attached hydrogen (secondary N) is 1. The molecule has 1 amide bonds. The van der Waals surface area contributed by atoms with Gasteiger partial charge in [0.2, 0.25) is 0 Å². The molecule has 2 aromatic heterocycles. The highest BCUT2D eigenvalue weighted by Crippen LogP contribution is 2.10. The van der Waals surface area contributed by atoms with Gasteiger partial charge in [-0.3, -0.25) is 10.1 Å². The first-order chi connectivity index (χ1) is 7.46. The second-order valence-electron chi connectivity index (χ2n) is 2.92. The zero-order valence-corrected chi connectivity index (χ0v) is 7.69. The summed E-state index contributed by atoms with van der Waals surface area (Å²) in [5.41, 5.74) is 0.117. The van der Waals surface area contributed by atoms with Crippen LogP contribution in [0.1, 0.15) is 10.5 Å². The minimum Gasteiger partial charge on any atom is -0.303 e. The highest BCUT2D eigenvalue weighted by Gasteiger charge is 2.31. The van der Waals surface area contributed by atoms with Crippen molar-refractivity contribution in [3.8, 4) is 0 Å². The van der Waals surface area contributed by atoms with E-state index in [1.54, 1.807) is 0 Å². The van der Waals surface area contributed by atoms with Gasteiger partial charge in [0, 0.05) is 18.6 Å². The summed E-state index contributed by atoms with van der Waals surface area (Å²) in [6.07, 6.45) is 0.571. The average Bonchev–Trinajstić information content (AvgIpc) is 2.61. The number of fused-ring (bicyclic) bond motifs is 1. The number of carbonyl (C=O) groups excluding carboxylic acids is 1. The summed E-state index contributed by atoms with van der Waals surface area (Å²) < 4.78 is 37.0.